The van der Waals surface area contributed by atoms with Gasteiger partial charge in [0.05, 0.1) is 11.6 Å². The van der Waals surface area contributed by atoms with Crippen LogP contribution in [0.4, 0.5) is 10.8 Å². The Kier molecular flexibility index (Phi) is 2.88. The Morgan fingerprint density at radius 2 is 2.16 bits per heavy atom. The van der Waals surface area contributed by atoms with E-state index in [-0.39, 0.29) is 5.75 Å². The van der Waals surface area contributed by atoms with E-state index in [1.165, 1.54) is 17.7 Å². The average molecular weight is 271 g/mol. The van der Waals surface area contributed by atoms with E-state index in [1.54, 1.807) is 19.2 Å². The van der Waals surface area contributed by atoms with Crippen LogP contribution in [0.2, 0.25) is 0 Å². The molecule has 3 heterocycles. The molecule has 0 aliphatic carbocycles. The van der Waals surface area contributed by atoms with Gasteiger partial charge in [-0.05, 0) is 42.2 Å². The molecule has 0 fully saturated rings. The van der Waals surface area contributed by atoms with Crippen LogP contribution in [0.5, 0.6) is 5.75 Å². The van der Waals surface area contributed by atoms with E-state index >= 15 is 0 Å². The first-order chi connectivity index (χ1) is 9.24. The summed E-state index contributed by atoms with van der Waals surface area (Å²) in [5.74, 6) is 0.590. The fourth-order valence-electron chi connectivity index (χ4n) is 1.53. The maximum Gasteiger partial charge on any atom is 0.175 e. The summed E-state index contributed by atoms with van der Waals surface area (Å²) in [4.78, 5) is 8.11. The van der Waals surface area contributed by atoms with Crippen LogP contribution in [0, 0.1) is 6.92 Å². The second-order valence-electron chi connectivity index (χ2n) is 3.89. The molecule has 0 radical (unpaired) electrons. The minimum absolute atomic E-state index is 0.145. The first-order valence-electron chi connectivity index (χ1n) is 5.52. The van der Waals surface area contributed by atoms with Crippen molar-refractivity contribution >= 4 is 33.4 Å². The fourth-order valence-corrected chi connectivity index (χ4v) is 2.18. The monoisotopic (exact) mass is 271 g/mol. The summed E-state index contributed by atoms with van der Waals surface area (Å²) < 4.78 is 4.18. The molecule has 0 aromatic carbocycles. The number of nitrogens with zero attached hydrogens (tertiary/aromatic N) is 5. The van der Waals surface area contributed by atoms with Crippen molar-refractivity contribution < 1.29 is 5.11 Å². The zero-order valence-electron chi connectivity index (χ0n) is 9.98. The Bertz CT molecular complexity index is 768. The fraction of sp³-hybridized carbons (Fsp3) is 0.0833. The lowest BCUT2D eigenvalue weighted by molar-refractivity contribution is 0.468. The van der Waals surface area contributed by atoms with Crippen molar-refractivity contribution in [1.29, 1.82) is 0 Å². The molecule has 0 spiro atoms. The quantitative estimate of drug-likeness (QED) is 0.723. The average Bonchev–Trinajstić information content (AvgIpc) is 2.83. The normalized spacial score (nSPS) is 11.4. The molecule has 0 saturated heterocycles. The zero-order valence-corrected chi connectivity index (χ0v) is 10.8. The van der Waals surface area contributed by atoms with Gasteiger partial charge < -0.3 is 5.11 Å². The summed E-state index contributed by atoms with van der Waals surface area (Å²) in [7, 11) is 0. The van der Waals surface area contributed by atoms with Crippen LogP contribution in [0.15, 0.2) is 40.8 Å². The molecule has 6 nitrogen and oxygen atoms in total. The Morgan fingerprint density at radius 1 is 1.26 bits per heavy atom. The molecule has 7 heteroatoms. The highest BCUT2D eigenvalue weighted by atomic mass is 32.1. The molecule has 3 aromatic rings. The molecule has 19 heavy (non-hydrogen) atoms. The third-order valence-electron chi connectivity index (χ3n) is 2.55. The van der Waals surface area contributed by atoms with E-state index in [4.69, 9.17) is 0 Å². The molecule has 0 saturated carbocycles. The topological polar surface area (TPSA) is 83.6 Å². The maximum atomic E-state index is 9.39. The lowest BCUT2D eigenvalue weighted by Crippen LogP contribution is -1.77. The van der Waals surface area contributed by atoms with Gasteiger partial charge in [0.2, 0.25) is 0 Å². The van der Waals surface area contributed by atoms with Gasteiger partial charge in [-0.3, -0.25) is 0 Å². The van der Waals surface area contributed by atoms with Crippen molar-refractivity contribution in [2.75, 3.05) is 0 Å². The van der Waals surface area contributed by atoms with Gasteiger partial charge in [0, 0.05) is 6.20 Å². The molecule has 3 rings (SSSR count). The summed E-state index contributed by atoms with van der Waals surface area (Å²) in [6.45, 7) is 1.78. The molecule has 0 amide bonds. The number of fused-ring (bicyclic) bond motifs is 1. The van der Waals surface area contributed by atoms with Crippen LogP contribution in [0.1, 0.15) is 5.56 Å². The number of hydrogen-bond acceptors (Lipinski definition) is 7. The standard InChI is InChI=1S/C12H9N5OS/c1-7-5-10(14-6-9(7)18)15-16-12-8-3-2-4-13-11(8)17-19-12/h2-6,18H,1H3. The van der Waals surface area contributed by atoms with Crippen molar-refractivity contribution in [2.45, 2.75) is 6.92 Å². The Hall–Kier alpha value is -2.41. The molecule has 1 N–H and O–H groups in total. The molecule has 0 aliphatic heterocycles. The van der Waals surface area contributed by atoms with E-state index in [2.05, 4.69) is 24.6 Å². The number of azo groups is 1. The predicted octanol–water partition coefficient (Wildman–Crippen LogP) is 3.52. The first kappa shape index (κ1) is 11.7. The summed E-state index contributed by atoms with van der Waals surface area (Å²) in [6, 6.07) is 5.40. The van der Waals surface area contributed by atoms with E-state index in [9.17, 15) is 5.11 Å². The Balaban J connectivity index is 1.96. The van der Waals surface area contributed by atoms with Crippen molar-refractivity contribution in [3.8, 4) is 5.75 Å². The molecule has 94 valence electrons. The molecule has 0 atom stereocenters. The molecule has 0 bridgehead atoms. The lowest BCUT2D eigenvalue weighted by atomic mass is 10.3. The van der Waals surface area contributed by atoms with Crippen LogP contribution >= 0.6 is 11.5 Å². The number of aromatic nitrogens is 3. The lowest BCUT2D eigenvalue weighted by Gasteiger charge is -1.97. The van der Waals surface area contributed by atoms with Gasteiger partial charge in [0.1, 0.15) is 5.75 Å². The van der Waals surface area contributed by atoms with Crippen molar-refractivity contribution in [3.05, 3.63) is 36.2 Å². The molecule has 3 aromatic heterocycles. The summed E-state index contributed by atoms with van der Waals surface area (Å²) in [5.41, 5.74) is 1.37. The van der Waals surface area contributed by atoms with Crippen molar-refractivity contribution in [1.82, 2.24) is 14.3 Å². The third kappa shape index (κ3) is 2.27. The van der Waals surface area contributed by atoms with Gasteiger partial charge in [0.25, 0.3) is 0 Å². The van der Waals surface area contributed by atoms with Gasteiger partial charge in [-0.1, -0.05) is 0 Å². The number of rotatable bonds is 2. The molecule has 0 unspecified atom stereocenters. The van der Waals surface area contributed by atoms with E-state index in [0.717, 1.165) is 5.39 Å². The summed E-state index contributed by atoms with van der Waals surface area (Å²) in [6.07, 6.45) is 3.05. The summed E-state index contributed by atoms with van der Waals surface area (Å²) >= 11 is 1.24. The Morgan fingerprint density at radius 3 is 3.00 bits per heavy atom. The van der Waals surface area contributed by atoms with Crippen LogP contribution < -0.4 is 0 Å². The minimum atomic E-state index is 0.145. The van der Waals surface area contributed by atoms with Gasteiger partial charge in [-0.25, -0.2) is 9.97 Å². The van der Waals surface area contributed by atoms with Gasteiger partial charge >= 0.3 is 0 Å². The maximum absolute atomic E-state index is 9.39. The van der Waals surface area contributed by atoms with Crippen LogP contribution in [0.3, 0.4) is 0 Å². The molecular formula is C12H9N5OS. The molecular weight excluding hydrogens is 262 g/mol. The smallest absolute Gasteiger partial charge is 0.175 e. The largest absolute Gasteiger partial charge is 0.506 e. The Labute approximate surface area is 112 Å². The van der Waals surface area contributed by atoms with Gasteiger partial charge in [-0.2, -0.15) is 4.37 Å². The number of aryl methyl sites for hydroxylation is 1. The number of hydrogen-bond donors (Lipinski definition) is 1. The minimum Gasteiger partial charge on any atom is -0.506 e. The zero-order chi connectivity index (χ0) is 13.2. The van der Waals surface area contributed by atoms with Crippen LogP contribution in [0.25, 0.3) is 11.0 Å². The number of aromatic hydroxyl groups is 1. The van der Waals surface area contributed by atoms with Crippen LogP contribution in [-0.2, 0) is 0 Å². The van der Waals surface area contributed by atoms with E-state index in [1.807, 2.05) is 12.1 Å². The SMILES string of the molecule is Cc1cc(N=Nc2snc3ncccc23)ncc1O. The highest BCUT2D eigenvalue weighted by Gasteiger charge is 2.05. The van der Waals surface area contributed by atoms with Gasteiger partial charge in [-0.15, -0.1) is 10.2 Å². The van der Waals surface area contributed by atoms with Crippen molar-refractivity contribution in [3.63, 3.8) is 0 Å². The first-order valence-corrected chi connectivity index (χ1v) is 6.29. The van der Waals surface area contributed by atoms with Gasteiger partial charge in [0.15, 0.2) is 16.5 Å². The highest BCUT2D eigenvalue weighted by Crippen LogP contribution is 2.30. The van der Waals surface area contributed by atoms with E-state index in [0.29, 0.717) is 22.0 Å². The van der Waals surface area contributed by atoms with Crippen LogP contribution in [-0.4, -0.2) is 19.4 Å². The second-order valence-corrected chi connectivity index (χ2v) is 4.64. The van der Waals surface area contributed by atoms with Crippen molar-refractivity contribution in [2.24, 2.45) is 10.2 Å². The number of pyridine rings is 2. The third-order valence-corrected chi connectivity index (χ3v) is 3.29. The second kappa shape index (κ2) is 4.69. The summed E-state index contributed by atoms with van der Waals surface area (Å²) in [5, 5.41) is 19.1. The predicted molar refractivity (Wildman–Crippen MR) is 72.2 cm³/mol. The highest BCUT2D eigenvalue weighted by molar-refractivity contribution is 7.11. The molecule has 0 aliphatic rings. The van der Waals surface area contributed by atoms with E-state index < -0.39 is 0 Å².